The molecule has 7 nitrogen and oxygen atoms in total. The molecule has 1 atom stereocenters. The summed E-state index contributed by atoms with van der Waals surface area (Å²) in [5.74, 6) is 0.819. The summed E-state index contributed by atoms with van der Waals surface area (Å²) >= 11 is 1.48. The van der Waals surface area contributed by atoms with Gasteiger partial charge >= 0.3 is 0 Å². The minimum atomic E-state index is -0.803. The zero-order valence-corrected chi connectivity index (χ0v) is 15.6. The Labute approximate surface area is 152 Å². The van der Waals surface area contributed by atoms with Crippen molar-refractivity contribution in [2.45, 2.75) is 16.6 Å². The van der Waals surface area contributed by atoms with Crippen molar-refractivity contribution >= 4 is 23.3 Å². The van der Waals surface area contributed by atoms with Gasteiger partial charge in [-0.25, -0.2) is 4.98 Å². The lowest BCUT2D eigenvalue weighted by molar-refractivity contribution is 0.158. The molecule has 0 aliphatic carbocycles. The fourth-order valence-corrected chi connectivity index (χ4v) is 3.69. The predicted octanol–water partition coefficient (Wildman–Crippen LogP) is 1.88. The first-order valence-corrected chi connectivity index (χ1v) is 8.93. The highest BCUT2D eigenvalue weighted by Crippen LogP contribution is 2.46. The number of nitrogens with one attached hydrogen (secondary N) is 2. The normalized spacial score (nSPS) is 18.9. The van der Waals surface area contributed by atoms with E-state index in [4.69, 9.17) is 10.5 Å². The van der Waals surface area contributed by atoms with E-state index < -0.39 is 4.99 Å². The molecule has 25 heavy (non-hydrogen) atoms. The molecule has 0 bridgehead atoms. The average Bonchev–Trinajstić information content (AvgIpc) is 2.96. The number of nitrogens with zero attached hydrogens (tertiary/aromatic N) is 3. The Morgan fingerprint density at radius 2 is 2.20 bits per heavy atom. The molecule has 0 radical (unpaired) electrons. The van der Waals surface area contributed by atoms with Gasteiger partial charge in [0.2, 0.25) is 0 Å². The lowest BCUT2D eigenvalue weighted by Gasteiger charge is -2.23. The summed E-state index contributed by atoms with van der Waals surface area (Å²) < 4.78 is 5.10. The van der Waals surface area contributed by atoms with Crippen LogP contribution >= 0.6 is 11.8 Å². The van der Waals surface area contributed by atoms with Gasteiger partial charge in [0.1, 0.15) is 10.8 Å². The first kappa shape index (κ1) is 17.9. The maximum atomic E-state index is 6.54. The Bertz CT molecular complexity index is 726. The van der Waals surface area contributed by atoms with Gasteiger partial charge in [-0.3, -0.25) is 15.6 Å². The Morgan fingerprint density at radius 1 is 1.36 bits per heavy atom. The molecule has 0 aromatic carbocycles. The Kier molecular flexibility index (Phi) is 5.43. The molecule has 1 aliphatic heterocycles. The first-order valence-electron chi connectivity index (χ1n) is 8.12. The fourth-order valence-electron chi connectivity index (χ4n) is 2.62. The van der Waals surface area contributed by atoms with Gasteiger partial charge in [-0.05, 0) is 30.8 Å². The van der Waals surface area contributed by atoms with Crippen molar-refractivity contribution in [1.82, 2.24) is 14.9 Å². The van der Waals surface area contributed by atoms with E-state index in [1.165, 1.54) is 11.8 Å². The number of fused-ring (bicyclic) bond motifs is 1. The number of hydrogen-bond donors (Lipinski definition) is 3. The number of likely N-dealkylation sites (N-methyl/N-ethyl adjacent to an activating group) is 1. The van der Waals surface area contributed by atoms with Crippen molar-refractivity contribution in [3.8, 4) is 0 Å². The van der Waals surface area contributed by atoms with Crippen LogP contribution < -0.4 is 16.4 Å². The molecule has 0 fully saturated rings. The second-order valence-corrected chi connectivity index (χ2v) is 7.28. The van der Waals surface area contributed by atoms with Crippen molar-refractivity contribution < 1.29 is 4.74 Å². The van der Waals surface area contributed by atoms with E-state index in [1.54, 1.807) is 7.11 Å². The summed E-state index contributed by atoms with van der Waals surface area (Å²) in [5, 5.41) is 7.24. The van der Waals surface area contributed by atoms with E-state index in [9.17, 15) is 0 Å². The summed E-state index contributed by atoms with van der Waals surface area (Å²) in [6, 6.07) is 7.95. The van der Waals surface area contributed by atoms with Crippen LogP contribution in [0, 0.1) is 0 Å². The predicted molar refractivity (Wildman–Crippen MR) is 102 cm³/mol. The van der Waals surface area contributed by atoms with Crippen LogP contribution in [0.2, 0.25) is 0 Å². The summed E-state index contributed by atoms with van der Waals surface area (Å²) in [5.41, 5.74) is 9.39. The van der Waals surface area contributed by atoms with Crippen molar-refractivity contribution in [3.05, 3.63) is 41.7 Å². The first-order chi connectivity index (χ1) is 12.0. The second-order valence-electron chi connectivity index (χ2n) is 6.04. The largest absolute Gasteiger partial charge is 0.383 e. The molecule has 0 amide bonds. The summed E-state index contributed by atoms with van der Waals surface area (Å²) in [7, 11) is 5.62. The van der Waals surface area contributed by atoms with Crippen LogP contribution in [0.5, 0.6) is 0 Å². The van der Waals surface area contributed by atoms with Crippen LogP contribution in [0.1, 0.15) is 11.3 Å². The van der Waals surface area contributed by atoms with E-state index in [0.717, 1.165) is 40.9 Å². The van der Waals surface area contributed by atoms with Crippen molar-refractivity contribution in [3.63, 3.8) is 0 Å². The highest BCUT2D eigenvalue weighted by atomic mass is 32.2. The van der Waals surface area contributed by atoms with Gasteiger partial charge in [0.15, 0.2) is 4.99 Å². The zero-order valence-electron chi connectivity index (χ0n) is 14.7. The molecule has 3 heterocycles. The summed E-state index contributed by atoms with van der Waals surface area (Å²) in [4.78, 5) is 10.5. The van der Waals surface area contributed by atoms with E-state index in [1.807, 2.05) is 31.4 Å². The second kappa shape index (κ2) is 7.57. The van der Waals surface area contributed by atoms with Crippen LogP contribution in [-0.4, -0.2) is 49.2 Å². The highest BCUT2D eigenvalue weighted by Gasteiger charge is 2.38. The number of anilines is 2. The van der Waals surface area contributed by atoms with Gasteiger partial charge in [0.05, 0.1) is 18.0 Å². The smallest absolute Gasteiger partial charge is 0.184 e. The number of nitrogens with two attached hydrogens (primary N) is 1. The van der Waals surface area contributed by atoms with Crippen LogP contribution in [0.15, 0.2) is 35.5 Å². The number of methoxy groups -OCH3 is 1. The average molecular weight is 360 g/mol. The standard InChI is InChI=1S/C17H24N6OS/c1-19-15-7-5-13-16(21-15)25-17(18,22-13)14-6-4-12(10-20-14)11-23(2)8-9-24-3/h4-7,10,22H,8-9,11,18H2,1-3H3,(H,19,21). The molecule has 8 heteroatoms. The van der Waals surface area contributed by atoms with Crippen LogP contribution in [-0.2, 0) is 16.3 Å². The number of rotatable bonds is 7. The third-order valence-corrected chi connectivity index (χ3v) is 5.17. The van der Waals surface area contributed by atoms with Crippen molar-refractivity contribution in [1.29, 1.82) is 0 Å². The molecule has 0 saturated carbocycles. The lowest BCUT2D eigenvalue weighted by Crippen LogP contribution is -2.39. The van der Waals surface area contributed by atoms with Gasteiger partial charge in [0.25, 0.3) is 0 Å². The molecule has 4 N–H and O–H groups in total. The third-order valence-electron chi connectivity index (χ3n) is 4.03. The SMILES string of the molecule is CNc1ccc2c(n1)SC(N)(c1ccc(CN(C)CCOC)cn1)N2. The molecule has 0 spiro atoms. The van der Waals surface area contributed by atoms with E-state index in [0.29, 0.717) is 6.61 Å². The molecule has 134 valence electrons. The fraction of sp³-hybridized carbons (Fsp3) is 0.412. The van der Waals surface area contributed by atoms with Crippen LogP contribution in [0.3, 0.4) is 0 Å². The number of hydrogen-bond acceptors (Lipinski definition) is 8. The molecular weight excluding hydrogens is 336 g/mol. The van der Waals surface area contributed by atoms with Crippen LogP contribution in [0.4, 0.5) is 11.5 Å². The third kappa shape index (κ3) is 4.04. The molecule has 1 aliphatic rings. The molecular formula is C17H24N6OS. The molecule has 1 unspecified atom stereocenters. The topological polar surface area (TPSA) is 88.3 Å². The zero-order chi connectivity index (χ0) is 17.9. The minimum absolute atomic E-state index is 0.717. The van der Waals surface area contributed by atoms with Crippen molar-refractivity contribution in [2.24, 2.45) is 5.73 Å². The maximum absolute atomic E-state index is 6.54. The number of pyridine rings is 2. The number of aromatic nitrogens is 2. The minimum Gasteiger partial charge on any atom is -0.383 e. The van der Waals surface area contributed by atoms with Gasteiger partial charge in [-0.2, -0.15) is 0 Å². The summed E-state index contributed by atoms with van der Waals surface area (Å²) in [6.45, 7) is 2.42. The molecule has 0 saturated heterocycles. The highest BCUT2D eigenvalue weighted by molar-refractivity contribution is 8.00. The molecule has 3 rings (SSSR count). The van der Waals surface area contributed by atoms with E-state index in [2.05, 4.69) is 38.6 Å². The van der Waals surface area contributed by atoms with Crippen molar-refractivity contribution in [2.75, 3.05) is 45.0 Å². The Hall–Kier alpha value is -1.87. The summed E-state index contributed by atoms with van der Waals surface area (Å²) in [6.07, 6.45) is 1.88. The monoisotopic (exact) mass is 360 g/mol. The molecule has 2 aromatic heterocycles. The Balaban J connectivity index is 1.70. The number of ether oxygens (including phenoxy) is 1. The van der Waals surface area contributed by atoms with Gasteiger partial charge in [-0.15, -0.1) is 0 Å². The van der Waals surface area contributed by atoms with E-state index in [-0.39, 0.29) is 0 Å². The van der Waals surface area contributed by atoms with Gasteiger partial charge in [0, 0.05) is 33.4 Å². The van der Waals surface area contributed by atoms with Crippen LogP contribution in [0.25, 0.3) is 0 Å². The van der Waals surface area contributed by atoms with Gasteiger partial charge in [-0.1, -0.05) is 17.8 Å². The van der Waals surface area contributed by atoms with Gasteiger partial charge < -0.3 is 15.4 Å². The molecule has 2 aromatic rings. The maximum Gasteiger partial charge on any atom is 0.184 e. The number of thioether (sulfide) groups is 1. The van der Waals surface area contributed by atoms with E-state index >= 15 is 0 Å². The lowest BCUT2D eigenvalue weighted by atomic mass is 10.2. The Morgan fingerprint density at radius 3 is 2.88 bits per heavy atom. The quantitative estimate of drug-likeness (QED) is 0.690.